The van der Waals surface area contributed by atoms with Gasteiger partial charge in [0.05, 0.1) is 7.11 Å². The Morgan fingerprint density at radius 1 is 1.18 bits per heavy atom. The van der Waals surface area contributed by atoms with E-state index in [2.05, 4.69) is 33.8 Å². The predicted octanol–water partition coefficient (Wildman–Crippen LogP) is 0.570. The van der Waals surface area contributed by atoms with Crippen LogP contribution in [0.3, 0.4) is 0 Å². The fraction of sp³-hybridized carbons (Fsp3) is 0.333. The van der Waals surface area contributed by atoms with E-state index in [1.165, 1.54) is 16.6 Å². The number of ether oxygens (including phenoxy) is 1. The van der Waals surface area contributed by atoms with Crippen molar-refractivity contribution >= 4 is 13.3 Å². The average Bonchev–Trinajstić information content (AvgIpc) is 1.97. The summed E-state index contributed by atoms with van der Waals surface area (Å²) in [5, 5.41) is 0. The van der Waals surface area contributed by atoms with Crippen LogP contribution in [-0.4, -0.2) is 15.0 Å². The third-order valence-electron chi connectivity index (χ3n) is 2.01. The molecule has 0 N–H and O–H groups in total. The molecule has 1 aromatic carbocycles. The molecule has 11 heavy (non-hydrogen) atoms. The Balaban J connectivity index is 3.21. The van der Waals surface area contributed by atoms with Crippen LogP contribution in [0.4, 0.5) is 0 Å². The van der Waals surface area contributed by atoms with Crippen molar-refractivity contribution < 1.29 is 4.74 Å². The molecule has 0 bridgehead atoms. The Morgan fingerprint density at radius 3 is 2.36 bits per heavy atom. The van der Waals surface area contributed by atoms with Crippen molar-refractivity contribution in [2.75, 3.05) is 7.11 Å². The van der Waals surface area contributed by atoms with Gasteiger partial charge in [0.2, 0.25) is 0 Å². The first-order valence-corrected chi connectivity index (χ1v) is 3.77. The molecule has 0 atom stereocenters. The van der Waals surface area contributed by atoms with Crippen molar-refractivity contribution in [2.45, 2.75) is 13.8 Å². The van der Waals surface area contributed by atoms with Crippen molar-refractivity contribution in [3.63, 3.8) is 0 Å². The number of benzene rings is 1. The van der Waals surface area contributed by atoms with E-state index >= 15 is 0 Å². The summed E-state index contributed by atoms with van der Waals surface area (Å²) in [5.41, 5.74) is 3.81. The van der Waals surface area contributed by atoms with Crippen LogP contribution >= 0.6 is 0 Å². The van der Waals surface area contributed by atoms with Crippen molar-refractivity contribution in [1.29, 1.82) is 0 Å². The van der Waals surface area contributed by atoms with Crippen LogP contribution in [-0.2, 0) is 0 Å². The van der Waals surface area contributed by atoms with E-state index < -0.39 is 0 Å². The summed E-state index contributed by atoms with van der Waals surface area (Å²) in [7, 11) is 3.80. The Bertz CT molecular complexity index is 269. The van der Waals surface area contributed by atoms with E-state index in [4.69, 9.17) is 4.74 Å². The smallest absolute Gasteiger partial charge is 0.139 e. The van der Waals surface area contributed by atoms with Crippen LogP contribution in [0.25, 0.3) is 0 Å². The highest BCUT2D eigenvalue weighted by molar-refractivity contribution is 6.33. The van der Waals surface area contributed by atoms with Crippen LogP contribution in [0, 0.1) is 13.8 Å². The lowest BCUT2D eigenvalue weighted by molar-refractivity contribution is 0.412. The van der Waals surface area contributed by atoms with Gasteiger partial charge in [0.25, 0.3) is 0 Å². The molecule has 0 amide bonds. The highest BCUT2D eigenvalue weighted by atomic mass is 16.5. The number of methoxy groups -OCH3 is 1. The lowest BCUT2D eigenvalue weighted by Gasteiger charge is -2.07. The molecule has 1 aromatic rings. The number of hydrogen-bond donors (Lipinski definition) is 0. The minimum Gasteiger partial charge on any atom is -0.497 e. The molecule has 0 aliphatic carbocycles. The van der Waals surface area contributed by atoms with Gasteiger partial charge < -0.3 is 4.74 Å². The average molecular weight is 148 g/mol. The maximum atomic E-state index is 5.18. The topological polar surface area (TPSA) is 9.23 Å². The summed E-state index contributed by atoms with van der Waals surface area (Å²) in [5.74, 6) is 0.980. The largest absolute Gasteiger partial charge is 0.497 e. The monoisotopic (exact) mass is 148 g/mol. The fourth-order valence-corrected chi connectivity index (χ4v) is 1.15. The van der Waals surface area contributed by atoms with E-state index in [0.717, 1.165) is 5.75 Å². The van der Waals surface area contributed by atoms with E-state index in [1.807, 2.05) is 0 Å². The van der Waals surface area contributed by atoms with Crippen LogP contribution in [0.1, 0.15) is 11.1 Å². The van der Waals surface area contributed by atoms with Crippen LogP contribution < -0.4 is 10.2 Å². The molecule has 0 saturated heterocycles. The SMILES string of the molecule is Bc1cc(OC)c(C)cc1C. The standard InChI is InChI=1S/C9H13BO/c1-6-4-7(2)9(11-3)5-8(6)10/h4-5H,10H2,1-3H3. The zero-order chi connectivity index (χ0) is 8.43. The summed E-state index contributed by atoms with van der Waals surface area (Å²) in [4.78, 5) is 0. The van der Waals surface area contributed by atoms with Gasteiger partial charge in [-0.05, 0) is 25.5 Å². The number of hydrogen-bond acceptors (Lipinski definition) is 1. The van der Waals surface area contributed by atoms with Crippen molar-refractivity contribution in [2.24, 2.45) is 0 Å². The van der Waals surface area contributed by atoms with Gasteiger partial charge in [0, 0.05) is 0 Å². The van der Waals surface area contributed by atoms with Crippen LogP contribution in [0.5, 0.6) is 5.75 Å². The van der Waals surface area contributed by atoms with Crippen molar-refractivity contribution in [3.8, 4) is 5.75 Å². The molecule has 0 spiro atoms. The molecule has 0 radical (unpaired) electrons. The van der Waals surface area contributed by atoms with Gasteiger partial charge in [-0.1, -0.05) is 17.1 Å². The molecular weight excluding hydrogens is 135 g/mol. The molecule has 1 rings (SSSR count). The molecule has 0 aliphatic heterocycles. The maximum Gasteiger partial charge on any atom is 0.139 e. The Hall–Kier alpha value is -0.915. The number of rotatable bonds is 1. The molecule has 2 heteroatoms. The lowest BCUT2D eigenvalue weighted by atomic mass is 9.90. The third kappa shape index (κ3) is 1.56. The summed E-state index contributed by atoms with van der Waals surface area (Å²) in [6.45, 7) is 4.17. The fourth-order valence-electron chi connectivity index (χ4n) is 1.15. The second-order valence-corrected chi connectivity index (χ2v) is 2.91. The van der Waals surface area contributed by atoms with Gasteiger partial charge in [-0.3, -0.25) is 0 Å². The molecule has 1 nitrogen and oxygen atoms in total. The van der Waals surface area contributed by atoms with Crippen molar-refractivity contribution in [3.05, 3.63) is 23.3 Å². The second kappa shape index (κ2) is 2.99. The zero-order valence-corrected chi connectivity index (χ0v) is 7.56. The molecule has 0 heterocycles. The summed E-state index contributed by atoms with van der Waals surface area (Å²) in [6.07, 6.45) is 0. The third-order valence-corrected chi connectivity index (χ3v) is 2.01. The first kappa shape index (κ1) is 8.18. The summed E-state index contributed by atoms with van der Waals surface area (Å²) >= 11 is 0. The Labute approximate surface area is 68.8 Å². The number of aryl methyl sites for hydroxylation is 2. The van der Waals surface area contributed by atoms with Gasteiger partial charge in [-0.2, -0.15) is 0 Å². The van der Waals surface area contributed by atoms with E-state index in [0.29, 0.717) is 0 Å². The highest BCUT2D eigenvalue weighted by Gasteiger charge is 1.99. The van der Waals surface area contributed by atoms with Crippen LogP contribution in [0.15, 0.2) is 12.1 Å². The molecule has 0 saturated carbocycles. The molecule has 0 fully saturated rings. The lowest BCUT2D eigenvalue weighted by Crippen LogP contribution is -2.08. The molecule has 58 valence electrons. The molecule has 0 unspecified atom stereocenters. The Morgan fingerprint density at radius 2 is 1.82 bits per heavy atom. The van der Waals surface area contributed by atoms with Gasteiger partial charge in [0.1, 0.15) is 13.6 Å². The van der Waals surface area contributed by atoms with E-state index in [1.54, 1.807) is 7.11 Å². The summed E-state index contributed by atoms with van der Waals surface area (Å²) in [6, 6.07) is 4.22. The Kier molecular flexibility index (Phi) is 2.23. The van der Waals surface area contributed by atoms with Gasteiger partial charge in [0.15, 0.2) is 0 Å². The van der Waals surface area contributed by atoms with E-state index in [9.17, 15) is 0 Å². The highest BCUT2D eigenvalue weighted by Crippen LogP contribution is 2.15. The zero-order valence-electron chi connectivity index (χ0n) is 7.56. The minimum absolute atomic E-state index is 0.980. The molecule has 0 aromatic heterocycles. The minimum atomic E-state index is 0.980. The van der Waals surface area contributed by atoms with Crippen molar-refractivity contribution in [1.82, 2.24) is 0 Å². The second-order valence-electron chi connectivity index (χ2n) is 2.91. The molecular formula is C9H13BO. The molecule has 0 aliphatic rings. The van der Waals surface area contributed by atoms with Gasteiger partial charge in [-0.25, -0.2) is 0 Å². The first-order valence-electron chi connectivity index (χ1n) is 3.77. The maximum absolute atomic E-state index is 5.18. The quantitative estimate of drug-likeness (QED) is 0.529. The van der Waals surface area contributed by atoms with E-state index in [-0.39, 0.29) is 0 Å². The normalized spacial score (nSPS) is 9.73. The first-order chi connectivity index (χ1) is 5.15. The van der Waals surface area contributed by atoms with Gasteiger partial charge >= 0.3 is 0 Å². The van der Waals surface area contributed by atoms with Gasteiger partial charge in [-0.15, -0.1) is 0 Å². The van der Waals surface area contributed by atoms with Crippen LogP contribution in [0.2, 0.25) is 0 Å². The summed E-state index contributed by atoms with van der Waals surface area (Å²) < 4.78 is 5.18. The predicted molar refractivity (Wildman–Crippen MR) is 50.6 cm³/mol.